The van der Waals surface area contributed by atoms with Gasteiger partial charge in [0.25, 0.3) is 0 Å². The fourth-order valence-corrected chi connectivity index (χ4v) is 5.18. The number of hydrogen-bond acceptors (Lipinski definition) is 6. The third kappa shape index (κ3) is 6.85. The van der Waals surface area contributed by atoms with Gasteiger partial charge in [0.05, 0.1) is 12.2 Å². The summed E-state index contributed by atoms with van der Waals surface area (Å²) in [6.45, 7) is 11.3. The summed E-state index contributed by atoms with van der Waals surface area (Å²) in [5.41, 5.74) is 0.819. The van der Waals surface area contributed by atoms with Gasteiger partial charge in [-0.15, -0.1) is 0 Å². The van der Waals surface area contributed by atoms with Crippen LogP contribution in [0.4, 0.5) is 49.9 Å². The van der Waals surface area contributed by atoms with E-state index in [9.17, 15) is 22.8 Å². The van der Waals surface area contributed by atoms with E-state index in [0.717, 1.165) is 30.1 Å². The van der Waals surface area contributed by atoms with Crippen LogP contribution in [-0.2, 0) is 11.3 Å². The van der Waals surface area contributed by atoms with E-state index >= 15 is 8.78 Å². The van der Waals surface area contributed by atoms with Gasteiger partial charge in [0.1, 0.15) is 17.3 Å². The third-order valence-corrected chi connectivity index (χ3v) is 7.69. The summed E-state index contributed by atoms with van der Waals surface area (Å²) >= 11 is 0. The first-order valence-corrected chi connectivity index (χ1v) is 14.6. The number of nitrogens with zero attached hydrogens (tertiary/aromatic N) is 6. The average molecular weight is 634 g/mol. The molecule has 1 aromatic heterocycles. The minimum absolute atomic E-state index is 0.0198. The van der Waals surface area contributed by atoms with Gasteiger partial charge in [-0.3, -0.25) is 4.79 Å². The molecule has 0 unspecified atom stereocenters. The molecule has 242 valence electrons. The fourth-order valence-electron chi connectivity index (χ4n) is 5.18. The first-order chi connectivity index (χ1) is 21.2. The number of urea groups is 1. The smallest absolute Gasteiger partial charge is 0.343 e. The van der Waals surface area contributed by atoms with E-state index in [2.05, 4.69) is 15.2 Å². The number of likely N-dealkylation sites (N-methyl/N-ethyl adjacent to an activating group) is 2. The van der Waals surface area contributed by atoms with Crippen LogP contribution >= 0.6 is 0 Å². The molecule has 0 radical (unpaired) electrons. The second kappa shape index (κ2) is 13.3. The Balaban J connectivity index is 1.97. The maximum Gasteiger partial charge on any atom is 0.471 e. The second-order valence-electron chi connectivity index (χ2n) is 11.0. The molecule has 2 heterocycles. The van der Waals surface area contributed by atoms with Crippen LogP contribution in [0.5, 0.6) is 0 Å². The lowest BCUT2D eigenvalue weighted by Crippen LogP contribution is -2.45. The maximum absolute atomic E-state index is 15.1. The number of carbonyl (C=O) groups excluding carboxylic acids is 2. The zero-order valence-corrected chi connectivity index (χ0v) is 26.0. The van der Waals surface area contributed by atoms with Crippen LogP contribution in [0, 0.1) is 18.6 Å². The van der Waals surface area contributed by atoms with Gasteiger partial charge in [0.2, 0.25) is 5.95 Å². The summed E-state index contributed by atoms with van der Waals surface area (Å²) < 4.78 is 70.9. The van der Waals surface area contributed by atoms with Crippen molar-refractivity contribution in [3.05, 3.63) is 59.2 Å². The van der Waals surface area contributed by atoms with E-state index in [1.807, 2.05) is 13.8 Å². The molecule has 0 aliphatic carbocycles. The number of nitrogens with one attached hydrogen (secondary N) is 1. The van der Waals surface area contributed by atoms with Crippen molar-refractivity contribution in [3.63, 3.8) is 0 Å². The highest BCUT2D eigenvalue weighted by atomic mass is 19.4. The van der Waals surface area contributed by atoms with Gasteiger partial charge in [-0.1, -0.05) is 26.0 Å². The van der Waals surface area contributed by atoms with Gasteiger partial charge in [0, 0.05) is 43.0 Å². The third-order valence-electron chi connectivity index (χ3n) is 7.69. The number of aromatic nitrogens is 2. The van der Waals surface area contributed by atoms with Crippen molar-refractivity contribution in [3.8, 4) is 11.3 Å². The van der Waals surface area contributed by atoms with Crippen LogP contribution in [0.25, 0.3) is 11.3 Å². The Labute approximate surface area is 258 Å². The Hall–Kier alpha value is -4.33. The summed E-state index contributed by atoms with van der Waals surface area (Å²) in [5, 5.41) is 2.61. The quantitative estimate of drug-likeness (QED) is 0.269. The van der Waals surface area contributed by atoms with Gasteiger partial charge >= 0.3 is 18.1 Å². The van der Waals surface area contributed by atoms with Crippen molar-refractivity contribution < 1.29 is 31.5 Å². The number of anilines is 4. The van der Waals surface area contributed by atoms with Gasteiger partial charge in [-0.05, 0) is 63.7 Å². The van der Waals surface area contributed by atoms with Gasteiger partial charge in [-0.2, -0.15) is 18.2 Å². The van der Waals surface area contributed by atoms with Crippen LogP contribution in [0.15, 0.2) is 36.4 Å². The van der Waals surface area contributed by atoms with E-state index in [1.165, 1.54) is 32.0 Å². The lowest BCUT2D eigenvalue weighted by atomic mass is 9.98. The number of aryl methyl sites for hydroxylation is 1. The van der Waals surface area contributed by atoms with E-state index in [4.69, 9.17) is 4.98 Å². The van der Waals surface area contributed by atoms with Crippen molar-refractivity contribution in [2.24, 2.45) is 0 Å². The van der Waals surface area contributed by atoms with E-state index < -0.39 is 41.5 Å². The Morgan fingerprint density at radius 1 is 1.04 bits per heavy atom. The molecule has 14 heteroatoms. The molecule has 3 aromatic rings. The van der Waals surface area contributed by atoms with Crippen molar-refractivity contribution in [2.45, 2.75) is 53.4 Å². The number of halogens is 5. The number of hydrogen-bond donors (Lipinski definition) is 1. The standard InChI is InChI=1S/C31H36F5N7O2/c1-7-41(8-2)15-14-40(6)29-38-25(21-16-20(13-12-19(21)5)42(18(3)4)28(44)31(34,35)36)22-17-37-30(45)43(27(22)39-29)26-23(32)10-9-11-24(26)33/h9-13,16,18H,7-8,14-15,17H2,1-6H3,(H,37,45). The van der Waals surface area contributed by atoms with Crippen LogP contribution in [-0.4, -0.2) is 72.3 Å². The largest absolute Gasteiger partial charge is 0.471 e. The summed E-state index contributed by atoms with van der Waals surface area (Å²) in [6, 6.07) is 5.96. The Kier molecular flexibility index (Phi) is 9.95. The summed E-state index contributed by atoms with van der Waals surface area (Å²) in [7, 11) is 1.73. The van der Waals surface area contributed by atoms with Crippen LogP contribution in [0.3, 0.4) is 0 Å². The van der Waals surface area contributed by atoms with Crippen molar-refractivity contribution in [1.29, 1.82) is 0 Å². The highest BCUT2D eigenvalue weighted by molar-refractivity contribution is 6.02. The summed E-state index contributed by atoms with van der Waals surface area (Å²) in [4.78, 5) is 40.4. The van der Waals surface area contributed by atoms with Gasteiger partial charge < -0.3 is 20.0 Å². The molecule has 1 aliphatic rings. The molecule has 0 bridgehead atoms. The van der Waals surface area contributed by atoms with Crippen molar-refractivity contribution in [2.75, 3.05) is 47.9 Å². The van der Waals surface area contributed by atoms with Crippen molar-refractivity contribution in [1.82, 2.24) is 20.2 Å². The zero-order valence-electron chi connectivity index (χ0n) is 26.0. The van der Waals surface area contributed by atoms with Gasteiger partial charge in [0.15, 0.2) is 5.82 Å². The lowest BCUT2D eigenvalue weighted by molar-refractivity contribution is -0.170. The molecule has 1 aliphatic heterocycles. The predicted octanol–water partition coefficient (Wildman–Crippen LogP) is 6.17. The lowest BCUT2D eigenvalue weighted by Gasteiger charge is -2.32. The van der Waals surface area contributed by atoms with Crippen LogP contribution in [0.1, 0.15) is 38.8 Å². The number of alkyl halides is 3. The SMILES string of the molecule is CCN(CC)CCN(C)c1nc(-c2cc(N(C(=O)C(F)(F)F)C(C)C)ccc2C)c2c(n1)N(c1c(F)cccc1F)C(=O)NC2. The first kappa shape index (κ1) is 33.6. The Morgan fingerprint density at radius 3 is 2.27 bits per heavy atom. The van der Waals surface area contributed by atoms with Crippen LogP contribution in [0.2, 0.25) is 0 Å². The molecule has 9 nitrogen and oxygen atoms in total. The molecule has 0 fully saturated rings. The molecule has 2 aromatic carbocycles. The number of fused-ring (bicyclic) bond motifs is 1. The maximum atomic E-state index is 15.1. The number of amides is 3. The van der Waals surface area contributed by atoms with Gasteiger partial charge in [-0.25, -0.2) is 23.5 Å². The summed E-state index contributed by atoms with van der Waals surface area (Å²) in [5.74, 6) is -3.96. The van der Waals surface area contributed by atoms with Crippen molar-refractivity contribution >= 4 is 35.1 Å². The molecular weight excluding hydrogens is 597 g/mol. The van der Waals surface area contributed by atoms with E-state index in [0.29, 0.717) is 29.1 Å². The summed E-state index contributed by atoms with van der Waals surface area (Å²) in [6.07, 6.45) is -5.11. The monoisotopic (exact) mass is 633 g/mol. The van der Waals surface area contributed by atoms with Crippen LogP contribution < -0.4 is 20.0 Å². The molecule has 45 heavy (non-hydrogen) atoms. The molecule has 0 saturated carbocycles. The fraction of sp³-hybridized carbons (Fsp3) is 0.419. The number of benzene rings is 2. The highest BCUT2D eigenvalue weighted by Crippen LogP contribution is 2.40. The minimum Gasteiger partial charge on any atom is -0.343 e. The number of carbonyl (C=O) groups is 2. The average Bonchev–Trinajstić information content (AvgIpc) is 2.98. The molecule has 0 spiro atoms. The van der Waals surface area contributed by atoms with E-state index in [1.54, 1.807) is 24.9 Å². The molecule has 4 rings (SSSR count). The minimum atomic E-state index is -5.11. The number of rotatable bonds is 10. The highest BCUT2D eigenvalue weighted by Gasteiger charge is 2.44. The predicted molar refractivity (Wildman–Crippen MR) is 163 cm³/mol. The van der Waals surface area contributed by atoms with E-state index in [-0.39, 0.29) is 35.3 Å². The normalized spacial score (nSPS) is 13.3. The Morgan fingerprint density at radius 2 is 1.69 bits per heavy atom. The molecular formula is C31H36F5N7O2. The number of para-hydroxylation sites is 1. The molecule has 0 saturated heterocycles. The zero-order chi connectivity index (χ0) is 33.2. The molecule has 1 N–H and O–H groups in total. The second-order valence-corrected chi connectivity index (χ2v) is 11.0. The molecule has 3 amide bonds. The molecule has 0 atom stereocenters. The Bertz CT molecular complexity index is 1560. The first-order valence-electron chi connectivity index (χ1n) is 14.6. The topological polar surface area (TPSA) is 84.9 Å².